The molecule has 1 aromatic heterocycles. The molecule has 24 heavy (non-hydrogen) atoms. The minimum Gasteiger partial charge on any atom is -0.417 e. The van der Waals surface area contributed by atoms with E-state index in [0.29, 0.717) is 29.9 Å². The normalized spacial score (nSPS) is 18.0. The van der Waals surface area contributed by atoms with Gasteiger partial charge in [0.15, 0.2) is 0 Å². The fourth-order valence-corrected chi connectivity index (χ4v) is 3.25. The number of carbonyl (C=O) groups is 1. The molecule has 0 unspecified atom stereocenters. The standard InChI is InChI=1S/C17H21ClN4O2/c1-2-22-9-5-7-13(22)11-19-16(23)17-21-20-15(24-17)10-12-6-3-4-8-14(12)18/h3-4,6,8,13H,2,5,7,9-11H2,1H3,(H,19,23)/t13-/m1/s1. The van der Waals surface area contributed by atoms with Crippen LogP contribution < -0.4 is 5.32 Å². The van der Waals surface area contributed by atoms with Crippen LogP contribution in [0.15, 0.2) is 28.7 Å². The highest BCUT2D eigenvalue weighted by atomic mass is 35.5. The summed E-state index contributed by atoms with van der Waals surface area (Å²) >= 11 is 6.12. The van der Waals surface area contributed by atoms with Crippen molar-refractivity contribution in [3.05, 3.63) is 46.6 Å². The third-order valence-corrected chi connectivity index (χ3v) is 4.73. The summed E-state index contributed by atoms with van der Waals surface area (Å²) < 4.78 is 5.47. The molecule has 1 N–H and O–H groups in total. The summed E-state index contributed by atoms with van der Waals surface area (Å²) in [6.45, 7) is 4.84. The van der Waals surface area contributed by atoms with Crippen LogP contribution in [0, 0.1) is 0 Å². The van der Waals surface area contributed by atoms with Crippen molar-refractivity contribution >= 4 is 17.5 Å². The Hall–Kier alpha value is -1.92. The number of nitrogens with one attached hydrogen (secondary N) is 1. The van der Waals surface area contributed by atoms with Crippen LogP contribution in [0.4, 0.5) is 0 Å². The number of aromatic nitrogens is 2. The Morgan fingerprint density at radius 3 is 3.04 bits per heavy atom. The van der Waals surface area contributed by atoms with Gasteiger partial charge in [0, 0.05) is 17.6 Å². The average Bonchev–Trinajstić information content (AvgIpc) is 3.23. The van der Waals surface area contributed by atoms with E-state index >= 15 is 0 Å². The van der Waals surface area contributed by atoms with Gasteiger partial charge in [-0.2, -0.15) is 0 Å². The van der Waals surface area contributed by atoms with Gasteiger partial charge in [-0.3, -0.25) is 9.69 Å². The molecule has 128 valence electrons. The molecule has 1 aliphatic rings. The van der Waals surface area contributed by atoms with Crippen molar-refractivity contribution in [1.82, 2.24) is 20.4 Å². The number of hydrogen-bond donors (Lipinski definition) is 1. The summed E-state index contributed by atoms with van der Waals surface area (Å²) in [5.41, 5.74) is 0.888. The highest BCUT2D eigenvalue weighted by Gasteiger charge is 2.24. The Labute approximate surface area is 146 Å². The number of halogens is 1. The van der Waals surface area contributed by atoms with Crippen molar-refractivity contribution < 1.29 is 9.21 Å². The maximum Gasteiger partial charge on any atom is 0.308 e. The number of amides is 1. The van der Waals surface area contributed by atoms with E-state index in [1.165, 1.54) is 6.42 Å². The minimum atomic E-state index is -0.323. The molecule has 0 spiro atoms. The lowest BCUT2D eigenvalue weighted by Gasteiger charge is -2.22. The molecule has 0 saturated carbocycles. The van der Waals surface area contributed by atoms with Crippen LogP contribution in [0.5, 0.6) is 0 Å². The van der Waals surface area contributed by atoms with Crippen LogP contribution >= 0.6 is 11.6 Å². The van der Waals surface area contributed by atoms with E-state index in [1.807, 2.05) is 24.3 Å². The van der Waals surface area contributed by atoms with Gasteiger partial charge >= 0.3 is 11.8 Å². The Morgan fingerprint density at radius 2 is 2.25 bits per heavy atom. The molecule has 1 fully saturated rings. The summed E-state index contributed by atoms with van der Waals surface area (Å²) in [6, 6.07) is 7.85. The van der Waals surface area contributed by atoms with E-state index < -0.39 is 0 Å². The number of hydrogen-bond acceptors (Lipinski definition) is 5. The fraction of sp³-hybridized carbons (Fsp3) is 0.471. The van der Waals surface area contributed by atoms with Gasteiger partial charge in [0.2, 0.25) is 5.89 Å². The van der Waals surface area contributed by atoms with E-state index in [1.54, 1.807) is 0 Å². The molecule has 0 aliphatic carbocycles. The van der Waals surface area contributed by atoms with E-state index in [9.17, 15) is 4.79 Å². The molecule has 1 aromatic carbocycles. The molecular formula is C17H21ClN4O2. The van der Waals surface area contributed by atoms with Gasteiger partial charge in [-0.05, 0) is 37.6 Å². The Morgan fingerprint density at radius 1 is 1.42 bits per heavy atom. The summed E-state index contributed by atoms with van der Waals surface area (Å²) in [4.78, 5) is 14.5. The van der Waals surface area contributed by atoms with Crippen LogP contribution in [0.3, 0.4) is 0 Å². The molecule has 3 rings (SSSR count). The second kappa shape index (κ2) is 7.77. The second-order valence-electron chi connectivity index (χ2n) is 5.90. The SMILES string of the molecule is CCN1CCC[C@@H]1CNC(=O)c1nnc(Cc2ccccc2Cl)o1. The molecule has 6 nitrogen and oxygen atoms in total. The maximum atomic E-state index is 12.2. The lowest BCUT2D eigenvalue weighted by Crippen LogP contribution is -2.40. The van der Waals surface area contributed by atoms with E-state index in [4.69, 9.17) is 16.0 Å². The van der Waals surface area contributed by atoms with Crippen LogP contribution in [0.25, 0.3) is 0 Å². The highest BCUT2D eigenvalue weighted by Crippen LogP contribution is 2.18. The summed E-state index contributed by atoms with van der Waals surface area (Å²) in [5, 5.41) is 11.3. The molecule has 1 amide bonds. The van der Waals surface area contributed by atoms with Crippen molar-refractivity contribution in [1.29, 1.82) is 0 Å². The lowest BCUT2D eigenvalue weighted by molar-refractivity contribution is 0.0905. The summed E-state index contributed by atoms with van der Waals surface area (Å²) in [5.74, 6) is 0.0539. The zero-order valence-electron chi connectivity index (χ0n) is 13.7. The van der Waals surface area contributed by atoms with Crippen molar-refractivity contribution in [2.24, 2.45) is 0 Å². The van der Waals surface area contributed by atoms with Gasteiger partial charge in [0.1, 0.15) is 0 Å². The Balaban J connectivity index is 1.57. The van der Waals surface area contributed by atoms with Crippen molar-refractivity contribution in [2.75, 3.05) is 19.6 Å². The first kappa shape index (κ1) is 16.9. The number of likely N-dealkylation sites (tertiary alicyclic amines) is 1. The lowest BCUT2D eigenvalue weighted by atomic mass is 10.1. The number of rotatable bonds is 6. The molecule has 1 saturated heterocycles. The molecule has 0 bridgehead atoms. The van der Waals surface area contributed by atoms with Crippen molar-refractivity contribution in [3.8, 4) is 0 Å². The second-order valence-corrected chi connectivity index (χ2v) is 6.31. The van der Waals surface area contributed by atoms with E-state index in [0.717, 1.165) is 25.1 Å². The number of benzene rings is 1. The number of carbonyl (C=O) groups excluding carboxylic acids is 1. The predicted molar refractivity (Wildman–Crippen MR) is 91.2 cm³/mol. The zero-order valence-corrected chi connectivity index (χ0v) is 14.4. The van der Waals surface area contributed by atoms with Crippen LogP contribution in [-0.2, 0) is 6.42 Å². The smallest absolute Gasteiger partial charge is 0.308 e. The first-order valence-electron chi connectivity index (χ1n) is 8.25. The number of nitrogens with zero attached hydrogens (tertiary/aromatic N) is 3. The quantitative estimate of drug-likeness (QED) is 0.868. The monoisotopic (exact) mass is 348 g/mol. The first-order valence-corrected chi connectivity index (χ1v) is 8.63. The molecule has 0 radical (unpaired) electrons. The van der Waals surface area contributed by atoms with Crippen molar-refractivity contribution in [3.63, 3.8) is 0 Å². The zero-order chi connectivity index (χ0) is 16.9. The van der Waals surface area contributed by atoms with Crippen LogP contribution in [-0.4, -0.2) is 46.7 Å². The average molecular weight is 349 g/mol. The predicted octanol–water partition coefficient (Wildman–Crippen LogP) is 2.53. The highest BCUT2D eigenvalue weighted by molar-refractivity contribution is 6.31. The Kier molecular flexibility index (Phi) is 5.48. The molecule has 7 heteroatoms. The molecule has 1 aliphatic heterocycles. The Bertz CT molecular complexity index is 703. The molecule has 1 atom stereocenters. The number of likely N-dealkylation sites (N-methyl/N-ethyl adjacent to an activating group) is 1. The maximum absolute atomic E-state index is 12.2. The third kappa shape index (κ3) is 3.94. The van der Waals surface area contributed by atoms with Gasteiger partial charge in [-0.1, -0.05) is 36.7 Å². The van der Waals surface area contributed by atoms with Crippen LogP contribution in [0.1, 0.15) is 41.9 Å². The molecule has 2 heterocycles. The summed E-state index contributed by atoms with van der Waals surface area (Å²) in [7, 11) is 0. The minimum absolute atomic E-state index is 0.00176. The van der Waals surface area contributed by atoms with Gasteiger partial charge < -0.3 is 9.73 Å². The van der Waals surface area contributed by atoms with Gasteiger partial charge in [-0.15, -0.1) is 10.2 Å². The van der Waals surface area contributed by atoms with Gasteiger partial charge in [0.25, 0.3) is 0 Å². The van der Waals surface area contributed by atoms with E-state index in [-0.39, 0.29) is 11.8 Å². The molecule has 2 aromatic rings. The van der Waals surface area contributed by atoms with Gasteiger partial charge in [-0.25, -0.2) is 0 Å². The van der Waals surface area contributed by atoms with Gasteiger partial charge in [0.05, 0.1) is 6.42 Å². The van der Waals surface area contributed by atoms with Crippen LogP contribution in [0.2, 0.25) is 5.02 Å². The fourth-order valence-electron chi connectivity index (χ4n) is 3.05. The summed E-state index contributed by atoms with van der Waals surface area (Å²) in [6.07, 6.45) is 2.69. The van der Waals surface area contributed by atoms with Crippen molar-refractivity contribution in [2.45, 2.75) is 32.2 Å². The van der Waals surface area contributed by atoms with E-state index in [2.05, 4.69) is 27.3 Å². The first-order chi connectivity index (χ1) is 11.7. The topological polar surface area (TPSA) is 71.3 Å². The largest absolute Gasteiger partial charge is 0.417 e. The third-order valence-electron chi connectivity index (χ3n) is 4.36. The molecular weight excluding hydrogens is 328 g/mol.